The van der Waals surface area contributed by atoms with E-state index >= 15 is 0 Å². The van der Waals surface area contributed by atoms with Gasteiger partial charge in [0, 0.05) is 12.6 Å². The molecule has 2 N–H and O–H groups in total. The highest BCUT2D eigenvalue weighted by Crippen LogP contribution is 2.43. The molecule has 1 saturated carbocycles. The van der Waals surface area contributed by atoms with Crippen molar-refractivity contribution in [2.45, 2.75) is 62.3 Å². The summed E-state index contributed by atoms with van der Waals surface area (Å²) < 4.78 is 30.2. The second-order valence-electron chi connectivity index (χ2n) is 5.63. The summed E-state index contributed by atoms with van der Waals surface area (Å²) in [7, 11) is -2.99. The average Bonchev–Trinajstić information content (AvgIpc) is 2.25. The van der Waals surface area contributed by atoms with Crippen molar-refractivity contribution in [1.29, 1.82) is 0 Å². The van der Waals surface area contributed by atoms with Crippen molar-refractivity contribution in [2.75, 3.05) is 12.4 Å². The minimum Gasteiger partial charge on any atom is -0.375 e. The lowest BCUT2D eigenvalue weighted by atomic mass is 9.75. The van der Waals surface area contributed by atoms with Gasteiger partial charge in [0.1, 0.15) is 0 Å². The van der Waals surface area contributed by atoms with Crippen LogP contribution in [0.25, 0.3) is 0 Å². The number of sulfone groups is 1. The Labute approximate surface area is 104 Å². The summed E-state index contributed by atoms with van der Waals surface area (Å²) in [4.78, 5) is 0. The lowest BCUT2D eigenvalue weighted by Crippen LogP contribution is -2.49. The number of hydrogen-bond donors (Lipinski definition) is 1. The van der Waals surface area contributed by atoms with Crippen molar-refractivity contribution in [3.8, 4) is 0 Å². The topological polar surface area (TPSA) is 69.4 Å². The van der Waals surface area contributed by atoms with Crippen molar-refractivity contribution in [3.05, 3.63) is 0 Å². The molecule has 2 atom stereocenters. The molecule has 1 heterocycles. The third-order valence-corrected chi connectivity index (χ3v) is 6.30. The Balaban J connectivity index is 1.96. The molecule has 2 aliphatic rings. The van der Waals surface area contributed by atoms with Crippen LogP contribution in [0, 0.1) is 0 Å². The normalized spacial score (nSPS) is 29.9. The first kappa shape index (κ1) is 13.3. The molecule has 2 fully saturated rings. The monoisotopic (exact) mass is 261 g/mol. The maximum absolute atomic E-state index is 12.2. The van der Waals surface area contributed by atoms with Crippen LogP contribution >= 0.6 is 0 Å². The first-order valence-corrected chi connectivity index (χ1v) is 8.26. The van der Waals surface area contributed by atoms with Gasteiger partial charge in [-0.25, -0.2) is 8.42 Å². The zero-order chi connectivity index (χ0) is 12.5. The first-order valence-electron chi connectivity index (χ1n) is 6.55. The fraction of sp³-hybridized carbons (Fsp3) is 1.00. The van der Waals surface area contributed by atoms with Crippen molar-refractivity contribution in [2.24, 2.45) is 5.73 Å². The molecule has 5 heteroatoms. The third kappa shape index (κ3) is 3.01. The molecule has 0 amide bonds. The SMILES string of the molecule is CC(N)CCS(=O)(=O)C1CCOC2(CCC2)C1. The van der Waals surface area contributed by atoms with E-state index in [1.54, 1.807) is 0 Å². The minimum absolute atomic E-state index is 0.0396. The van der Waals surface area contributed by atoms with E-state index in [1.807, 2.05) is 6.92 Å². The van der Waals surface area contributed by atoms with E-state index in [9.17, 15) is 8.42 Å². The van der Waals surface area contributed by atoms with Gasteiger partial charge in [-0.3, -0.25) is 0 Å². The molecule has 100 valence electrons. The van der Waals surface area contributed by atoms with Crippen molar-refractivity contribution in [1.82, 2.24) is 0 Å². The summed E-state index contributed by atoms with van der Waals surface area (Å²) in [6.07, 6.45) is 5.16. The Kier molecular flexibility index (Phi) is 3.80. The quantitative estimate of drug-likeness (QED) is 0.826. The van der Waals surface area contributed by atoms with Gasteiger partial charge in [0.2, 0.25) is 0 Å². The van der Waals surface area contributed by atoms with Gasteiger partial charge in [-0.15, -0.1) is 0 Å². The van der Waals surface area contributed by atoms with E-state index < -0.39 is 9.84 Å². The highest BCUT2D eigenvalue weighted by Gasteiger charge is 2.45. The Bertz CT molecular complexity index is 360. The summed E-state index contributed by atoms with van der Waals surface area (Å²) in [5.74, 6) is 0.228. The summed E-state index contributed by atoms with van der Waals surface area (Å²) >= 11 is 0. The van der Waals surface area contributed by atoms with Crippen LogP contribution in [-0.4, -0.2) is 37.7 Å². The third-order valence-electron chi connectivity index (χ3n) is 4.08. The van der Waals surface area contributed by atoms with E-state index in [-0.39, 0.29) is 22.6 Å². The fourth-order valence-electron chi connectivity index (χ4n) is 2.73. The van der Waals surface area contributed by atoms with Crippen molar-refractivity contribution < 1.29 is 13.2 Å². The zero-order valence-electron chi connectivity index (χ0n) is 10.5. The number of hydrogen-bond acceptors (Lipinski definition) is 4. The van der Waals surface area contributed by atoms with Crippen LogP contribution in [0.15, 0.2) is 0 Å². The van der Waals surface area contributed by atoms with Crippen LogP contribution in [0.5, 0.6) is 0 Å². The van der Waals surface area contributed by atoms with Gasteiger partial charge in [0.05, 0.1) is 16.6 Å². The molecule has 0 bridgehead atoms. The molecular formula is C12H23NO3S. The second kappa shape index (κ2) is 4.86. The lowest BCUT2D eigenvalue weighted by molar-refractivity contribution is -0.125. The molecule has 0 aromatic rings. The van der Waals surface area contributed by atoms with Crippen LogP contribution in [0.3, 0.4) is 0 Å². The molecule has 1 saturated heterocycles. The van der Waals surface area contributed by atoms with E-state index in [0.717, 1.165) is 12.8 Å². The largest absolute Gasteiger partial charge is 0.375 e. The summed E-state index contributed by atoms with van der Waals surface area (Å²) in [5.41, 5.74) is 5.54. The van der Waals surface area contributed by atoms with E-state index in [1.165, 1.54) is 6.42 Å². The highest BCUT2D eigenvalue weighted by atomic mass is 32.2. The molecule has 1 aliphatic carbocycles. The smallest absolute Gasteiger partial charge is 0.153 e. The highest BCUT2D eigenvalue weighted by molar-refractivity contribution is 7.92. The van der Waals surface area contributed by atoms with Gasteiger partial charge < -0.3 is 10.5 Å². The number of ether oxygens (including phenoxy) is 1. The molecule has 0 aromatic heterocycles. The Morgan fingerprint density at radius 3 is 2.71 bits per heavy atom. The molecule has 2 rings (SSSR count). The number of nitrogens with two attached hydrogens (primary N) is 1. The van der Waals surface area contributed by atoms with Crippen molar-refractivity contribution in [3.63, 3.8) is 0 Å². The zero-order valence-corrected chi connectivity index (χ0v) is 11.3. The Morgan fingerprint density at radius 1 is 1.47 bits per heavy atom. The van der Waals surface area contributed by atoms with Crippen molar-refractivity contribution >= 4 is 9.84 Å². The van der Waals surface area contributed by atoms with Gasteiger partial charge in [0.25, 0.3) is 0 Å². The number of rotatable bonds is 4. The van der Waals surface area contributed by atoms with E-state index in [2.05, 4.69) is 0 Å². The van der Waals surface area contributed by atoms with Crippen LogP contribution in [0.2, 0.25) is 0 Å². The van der Waals surface area contributed by atoms with Gasteiger partial charge in [0.15, 0.2) is 9.84 Å². The standard InChI is InChI=1S/C12H23NO3S/c1-10(13)4-8-17(14,15)11-3-7-16-12(9-11)5-2-6-12/h10-11H,2-9,13H2,1H3. The summed E-state index contributed by atoms with van der Waals surface area (Å²) in [5, 5.41) is -0.199. The van der Waals surface area contributed by atoms with E-state index in [0.29, 0.717) is 25.9 Å². The molecule has 0 radical (unpaired) electrons. The summed E-state index contributed by atoms with van der Waals surface area (Å²) in [6.45, 7) is 2.45. The van der Waals surface area contributed by atoms with Crippen LogP contribution in [0.4, 0.5) is 0 Å². The predicted molar refractivity (Wildman–Crippen MR) is 67.6 cm³/mol. The van der Waals surface area contributed by atoms with E-state index in [4.69, 9.17) is 10.5 Å². The van der Waals surface area contributed by atoms with Crippen LogP contribution in [-0.2, 0) is 14.6 Å². The van der Waals surface area contributed by atoms with Gasteiger partial charge >= 0.3 is 0 Å². The molecule has 1 aliphatic heterocycles. The van der Waals surface area contributed by atoms with Gasteiger partial charge in [-0.1, -0.05) is 0 Å². The first-order chi connectivity index (χ1) is 7.94. The molecule has 17 heavy (non-hydrogen) atoms. The summed E-state index contributed by atoms with van der Waals surface area (Å²) in [6, 6.07) is -0.0396. The maximum Gasteiger partial charge on any atom is 0.153 e. The fourth-order valence-corrected chi connectivity index (χ4v) is 4.77. The van der Waals surface area contributed by atoms with Gasteiger partial charge in [-0.2, -0.15) is 0 Å². The molecule has 4 nitrogen and oxygen atoms in total. The Morgan fingerprint density at radius 2 is 2.18 bits per heavy atom. The maximum atomic E-state index is 12.2. The Hall–Kier alpha value is -0.130. The second-order valence-corrected chi connectivity index (χ2v) is 8.03. The molecular weight excluding hydrogens is 238 g/mol. The predicted octanol–water partition coefficient (Wildman–Crippen LogP) is 1.24. The molecule has 0 aromatic carbocycles. The molecule has 2 unspecified atom stereocenters. The van der Waals surface area contributed by atoms with Gasteiger partial charge in [-0.05, 0) is 45.4 Å². The minimum atomic E-state index is -2.99. The molecule has 1 spiro atoms. The van der Waals surface area contributed by atoms with Crippen LogP contribution in [0.1, 0.15) is 45.4 Å². The lowest BCUT2D eigenvalue weighted by Gasteiger charge is -2.46. The van der Waals surface area contributed by atoms with Crippen LogP contribution < -0.4 is 5.73 Å². The average molecular weight is 261 g/mol.